The summed E-state index contributed by atoms with van der Waals surface area (Å²) in [4.78, 5) is 12.4. The van der Waals surface area contributed by atoms with E-state index in [4.69, 9.17) is 9.15 Å². The van der Waals surface area contributed by atoms with Gasteiger partial charge in [0.1, 0.15) is 11.3 Å². The van der Waals surface area contributed by atoms with Crippen LogP contribution in [0.15, 0.2) is 77.2 Å². The maximum Gasteiger partial charge on any atom is 0.287 e. The van der Waals surface area contributed by atoms with Crippen LogP contribution in [0, 0.1) is 6.92 Å². The Labute approximate surface area is 170 Å². The Morgan fingerprint density at radius 3 is 2.55 bits per heavy atom. The van der Waals surface area contributed by atoms with Crippen molar-refractivity contribution in [1.82, 2.24) is 5.32 Å². The Morgan fingerprint density at radius 1 is 0.966 bits per heavy atom. The van der Waals surface area contributed by atoms with Crippen molar-refractivity contribution >= 4 is 16.9 Å². The number of carbonyl (C=O) groups excluding carboxylic acids is 1. The molecular formula is C25H23NO3. The molecule has 1 N–H and O–H groups in total. The number of amides is 1. The standard InChI is InChI=1S/C25H23NO3/c1-17-4-3-5-20(14-17)19-8-6-18(7-9-19)12-13-26-25(27)24-16-21-15-22(28-2)10-11-23(21)29-24/h3-11,14-16H,12-13H2,1-2H3,(H,26,27). The Hall–Kier alpha value is -3.53. The number of furan rings is 1. The SMILES string of the molecule is COc1ccc2oc(C(=O)NCCc3ccc(-c4cccc(C)c4)cc3)cc2c1. The molecule has 1 heterocycles. The van der Waals surface area contributed by atoms with Crippen LogP contribution in [0.2, 0.25) is 0 Å². The molecule has 0 aliphatic rings. The molecule has 4 aromatic rings. The zero-order valence-corrected chi connectivity index (χ0v) is 16.6. The molecule has 0 unspecified atom stereocenters. The third-order valence-corrected chi connectivity index (χ3v) is 4.95. The molecule has 0 fully saturated rings. The van der Waals surface area contributed by atoms with Gasteiger partial charge in [-0.1, -0.05) is 54.1 Å². The van der Waals surface area contributed by atoms with Crippen LogP contribution in [0.3, 0.4) is 0 Å². The summed E-state index contributed by atoms with van der Waals surface area (Å²) in [5.41, 5.74) is 5.50. The van der Waals surface area contributed by atoms with Crippen LogP contribution in [0.4, 0.5) is 0 Å². The maximum absolute atomic E-state index is 12.4. The lowest BCUT2D eigenvalue weighted by Gasteiger charge is -2.06. The second-order valence-corrected chi connectivity index (χ2v) is 7.09. The zero-order valence-electron chi connectivity index (χ0n) is 16.6. The van der Waals surface area contributed by atoms with E-state index in [-0.39, 0.29) is 5.91 Å². The van der Waals surface area contributed by atoms with Crippen LogP contribution in [0.5, 0.6) is 5.75 Å². The number of hydrogen-bond acceptors (Lipinski definition) is 3. The predicted octanol–water partition coefficient (Wildman–Crippen LogP) is 5.39. The summed E-state index contributed by atoms with van der Waals surface area (Å²) in [5.74, 6) is 0.832. The van der Waals surface area contributed by atoms with Crippen LogP contribution in [-0.2, 0) is 6.42 Å². The minimum Gasteiger partial charge on any atom is -0.497 e. The van der Waals surface area contributed by atoms with Crippen molar-refractivity contribution in [2.45, 2.75) is 13.3 Å². The number of hydrogen-bond donors (Lipinski definition) is 1. The van der Waals surface area contributed by atoms with Crippen molar-refractivity contribution < 1.29 is 13.9 Å². The molecule has 0 aliphatic heterocycles. The summed E-state index contributed by atoms with van der Waals surface area (Å²) in [6, 6.07) is 24.1. The minimum atomic E-state index is -0.212. The molecule has 1 aromatic heterocycles. The highest BCUT2D eigenvalue weighted by Crippen LogP contribution is 2.24. The largest absolute Gasteiger partial charge is 0.497 e. The maximum atomic E-state index is 12.4. The molecule has 0 spiro atoms. The number of carbonyl (C=O) groups is 1. The van der Waals surface area contributed by atoms with Crippen LogP contribution in [0.1, 0.15) is 21.7 Å². The van der Waals surface area contributed by atoms with Crippen molar-refractivity contribution in [2.24, 2.45) is 0 Å². The fourth-order valence-corrected chi connectivity index (χ4v) is 3.36. The number of methoxy groups -OCH3 is 1. The van der Waals surface area contributed by atoms with Gasteiger partial charge in [-0.3, -0.25) is 4.79 Å². The van der Waals surface area contributed by atoms with Gasteiger partial charge in [-0.05, 0) is 54.3 Å². The van der Waals surface area contributed by atoms with Gasteiger partial charge < -0.3 is 14.5 Å². The van der Waals surface area contributed by atoms with Gasteiger partial charge in [-0.2, -0.15) is 0 Å². The van der Waals surface area contributed by atoms with Crippen molar-refractivity contribution in [3.05, 3.63) is 89.7 Å². The van der Waals surface area contributed by atoms with E-state index in [0.29, 0.717) is 17.9 Å². The van der Waals surface area contributed by atoms with Crippen molar-refractivity contribution in [3.8, 4) is 16.9 Å². The first kappa shape index (κ1) is 18.8. The normalized spacial score (nSPS) is 10.8. The van der Waals surface area contributed by atoms with Gasteiger partial charge in [0, 0.05) is 11.9 Å². The van der Waals surface area contributed by atoms with Crippen molar-refractivity contribution in [2.75, 3.05) is 13.7 Å². The van der Waals surface area contributed by atoms with Gasteiger partial charge in [-0.25, -0.2) is 0 Å². The van der Waals surface area contributed by atoms with E-state index in [0.717, 1.165) is 17.6 Å². The van der Waals surface area contributed by atoms with Crippen LogP contribution in [-0.4, -0.2) is 19.6 Å². The second-order valence-electron chi connectivity index (χ2n) is 7.09. The molecule has 0 radical (unpaired) electrons. The highest BCUT2D eigenvalue weighted by molar-refractivity contribution is 5.96. The summed E-state index contributed by atoms with van der Waals surface area (Å²) in [7, 11) is 1.61. The van der Waals surface area contributed by atoms with E-state index in [1.807, 2.05) is 12.1 Å². The molecule has 29 heavy (non-hydrogen) atoms. The average Bonchev–Trinajstić information content (AvgIpc) is 3.17. The molecule has 0 saturated heterocycles. The monoisotopic (exact) mass is 385 g/mol. The Morgan fingerprint density at radius 2 is 1.79 bits per heavy atom. The fourth-order valence-electron chi connectivity index (χ4n) is 3.36. The van der Waals surface area contributed by atoms with Gasteiger partial charge in [0.15, 0.2) is 5.76 Å². The van der Waals surface area contributed by atoms with E-state index < -0.39 is 0 Å². The average molecular weight is 385 g/mol. The number of nitrogens with one attached hydrogen (secondary N) is 1. The molecule has 4 rings (SSSR count). The quantitative estimate of drug-likeness (QED) is 0.484. The van der Waals surface area contributed by atoms with Gasteiger partial charge in [-0.15, -0.1) is 0 Å². The highest BCUT2D eigenvalue weighted by Gasteiger charge is 2.12. The lowest BCUT2D eigenvalue weighted by molar-refractivity contribution is 0.0928. The third kappa shape index (κ3) is 4.32. The lowest BCUT2D eigenvalue weighted by Crippen LogP contribution is -2.25. The minimum absolute atomic E-state index is 0.212. The van der Waals surface area contributed by atoms with Crippen LogP contribution in [0.25, 0.3) is 22.1 Å². The molecule has 4 heteroatoms. The van der Waals surface area contributed by atoms with E-state index in [9.17, 15) is 4.79 Å². The zero-order chi connectivity index (χ0) is 20.2. The first-order valence-electron chi connectivity index (χ1n) is 9.64. The molecule has 0 atom stereocenters. The molecule has 3 aromatic carbocycles. The van der Waals surface area contributed by atoms with Gasteiger partial charge in [0.2, 0.25) is 0 Å². The molecule has 4 nitrogen and oxygen atoms in total. The Balaban J connectivity index is 1.35. The molecule has 1 amide bonds. The van der Waals surface area contributed by atoms with Gasteiger partial charge in [0.05, 0.1) is 7.11 Å². The topological polar surface area (TPSA) is 51.5 Å². The Bertz CT molecular complexity index is 1140. The number of ether oxygens (including phenoxy) is 1. The smallest absolute Gasteiger partial charge is 0.287 e. The third-order valence-electron chi connectivity index (χ3n) is 4.95. The summed E-state index contributed by atoms with van der Waals surface area (Å²) >= 11 is 0. The molecule has 0 saturated carbocycles. The summed E-state index contributed by atoms with van der Waals surface area (Å²) in [6.07, 6.45) is 0.758. The molecule has 0 bridgehead atoms. The fraction of sp³-hybridized carbons (Fsp3) is 0.160. The van der Waals surface area contributed by atoms with Gasteiger partial charge in [0.25, 0.3) is 5.91 Å². The van der Waals surface area contributed by atoms with Crippen molar-refractivity contribution in [1.29, 1.82) is 0 Å². The van der Waals surface area contributed by atoms with E-state index in [1.54, 1.807) is 19.2 Å². The van der Waals surface area contributed by atoms with Gasteiger partial charge >= 0.3 is 0 Å². The van der Waals surface area contributed by atoms with E-state index in [1.165, 1.54) is 22.3 Å². The predicted molar refractivity (Wildman–Crippen MR) is 115 cm³/mol. The molecular weight excluding hydrogens is 362 g/mol. The van der Waals surface area contributed by atoms with Crippen LogP contribution >= 0.6 is 0 Å². The summed E-state index contributed by atoms with van der Waals surface area (Å²) < 4.78 is 10.8. The van der Waals surface area contributed by atoms with E-state index >= 15 is 0 Å². The molecule has 146 valence electrons. The second kappa shape index (κ2) is 8.23. The lowest BCUT2D eigenvalue weighted by atomic mass is 10.0. The number of fused-ring (bicyclic) bond motifs is 1. The molecule has 0 aliphatic carbocycles. The Kier molecular flexibility index (Phi) is 5.34. The first-order chi connectivity index (χ1) is 14.1. The number of benzene rings is 3. The van der Waals surface area contributed by atoms with E-state index in [2.05, 4.69) is 60.8 Å². The number of rotatable bonds is 6. The summed E-state index contributed by atoms with van der Waals surface area (Å²) in [6.45, 7) is 2.64. The van der Waals surface area contributed by atoms with Crippen LogP contribution < -0.4 is 10.1 Å². The summed E-state index contributed by atoms with van der Waals surface area (Å²) in [5, 5.41) is 3.78. The highest BCUT2D eigenvalue weighted by atomic mass is 16.5. The number of aryl methyl sites for hydroxylation is 1. The first-order valence-corrected chi connectivity index (χ1v) is 9.64. The van der Waals surface area contributed by atoms with Crippen molar-refractivity contribution in [3.63, 3.8) is 0 Å².